The van der Waals surface area contributed by atoms with E-state index in [4.69, 9.17) is 4.74 Å². The molecule has 1 aromatic heterocycles. The number of rotatable bonds is 3. The van der Waals surface area contributed by atoms with E-state index >= 15 is 0 Å². The van der Waals surface area contributed by atoms with Gasteiger partial charge in [0.1, 0.15) is 0 Å². The standard InChI is InChI=1S/C23H26N2O2/c26-22(18-12-8-2-1-3-9-13-18)25-20-16-24-23-19(14-15-27-23)21(20)17-10-6-4-5-7-11-17/h1-3,8-9,12-13,16-17H,4-7,10-11,14-15H2,(H,25,26)/b2-1-,3-1?,8-2?,9-3-,12-8-,13-9?,18-12?,18-13+. The Morgan fingerprint density at radius 2 is 1.81 bits per heavy atom. The number of amides is 1. The van der Waals surface area contributed by atoms with Gasteiger partial charge in [0.05, 0.1) is 18.5 Å². The molecule has 0 aromatic carbocycles. The molecule has 1 amide bonds. The minimum Gasteiger partial charge on any atom is -0.477 e. The third-order valence-corrected chi connectivity index (χ3v) is 5.55. The van der Waals surface area contributed by atoms with E-state index in [-0.39, 0.29) is 5.91 Å². The Labute approximate surface area is 160 Å². The summed E-state index contributed by atoms with van der Waals surface area (Å²) in [6, 6.07) is 0. The van der Waals surface area contributed by atoms with Crippen LogP contribution in [0.25, 0.3) is 0 Å². The highest BCUT2D eigenvalue weighted by Gasteiger charge is 2.27. The van der Waals surface area contributed by atoms with E-state index < -0.39 is 0 Å². The second-order valence-corrected chi connectivity index (χ2v) is 7.36. The molecule has 2 aliphatic carbocycles. The zero-order valence-corrected chi connectivity index (χ0v) is 15.6. The molecule has 1 N–H and O–H groups in total. The van der Waals surface area contributed by atoms with Gasteiger partial charge in [-0.1, -0.05) is 56.1 Å². The van der Waals surface area contributed by atoms with Crippen molar-refractivity contribution in [1.29, 1.82) is 0 Å². The van der Waals surface area contributed by atoms with Crippen molar-refractivity contribution in [3.8, 4) is 5.88 Å². The van der Waals surface area contributed by atoms with Crippen molar-refractivity contribution in [2.45, 2.75) is 50.9 Å². The van der Waals surface area contributed by atoms with Crippen LogP contribution in [0.2, 0.25) is 0 Å². The Balaban J connectivity index is 1.65. The van der Waals surface area contributed by atoms with E-state index in [2.05, 4.69) is 10.3 Å². The minimum atomic E-state index is -0.0956. The van der Waals surface area contributed by atoms with Gasteiger partial charge in [-0.2, -0.15) is 0 Å². The average molecular weight is 362 g/mol. The normalized spacial score (nSPS) is 25.0. The monoisotopic (exact) mass is 362 g/mol. The molecule has 2 heterocycles. The van der Waals surface area contributed by atoms with Crippen LogP contribution in [0.1, 0.15) is 55.6 Å². The number of fused-ring (bicyclic) bond motifs is 1. The fraction of sp³-hybridized carbons (Fsp3) is 0.391. The van der Waals surface area contributed by atoms with E-state index in [9.17, 15) is 4.79 Å². The lowest BCUT2D eigenvalue weighted by Gasteiger charge is -2.21. The molecule has 140 valence electrons. The molecule has 0 bridgehead atoms. The number of aromatic nitrogens is 1. The van der Waals surface area contributed by atoms with E-state index in [1.54, 1.807) is 6.20 Å². The summed E-state index contributed by atoms with van der Waals surface area (Å²) in [6.45, 7) is 0.685. The summed E-state index contributed by atoms with van der Waals surface area (Å²) < 4.78 is 5.70. The maximum absolute atomic E-state index is 12.9. The molecule has 3 aliphatic rings. The molecule has 4 nitrogen and oxygen atoms in total. The number of allylic oxidation sites excluding steroid dienone is 6. The largest absolute Gasteiger partial charge is 0.477 e. The summed E-state index contributed by atoms with van der Waals surface area (Å²) in [7, 11) is 0. The third kappa shape index (κ3) is 4.05. The summed E-state index contributed by atoms with van der Waals surface area (Å²) in [5.74, 6) is 1.14. The molecule has 0 unspecified atom stereocenters. The molecule has 0 atom stereocenters. The predicted octanol–water partition coefficient (Wildman–Crippen LogP) is 5.00. The number of anilines is 1. The highest BCUT2D eigenvalue weighted by atomic mass is 16.5. The van der Waals surface area contributed by atoms with Gasteiger partial charge in [0.25, 0.3) is 5.91 Å². The molecule has 4 rings (SSSR count). The summed E-state index contributed by atoms with van der Waals surface area (Å²) in [5.41, 5.74) is 3.95. The molecule has 1 aromatic rings. The molecule has 0 saturated heterocycles. The number of carbonyl (C=O) groups is 1. The summed E-state index contributed by atoms with van der Waals surface area (Å²) in [6.07, 6.45) is 23.4. The van der Waals surface area contributed by atoms with E-state index in [0.29, 0.717) is 18.1 Å². The van der Waals surface area contributed by atoms with Gasteiger partial charge in [-0.15, -0.1) is 0 Å². The highest BCUT2D eigenvalue weighted by Crippen LogP contribution is 2.41. The zero-order valence-electron chi connectivity index (χ0n) is 15.6. The fourth-order valence-electron chi connectivity index (χ4n) is 4.21. The van der Waals surface area contributed by atoms with Gasteiger partial charge in [0.2, 0.25) is 5.88 Å². The molecule has 1 fully saturated rings. The Bertz CT molecular complexity index is 825. The average Bonchev–Trinajstić information content (AvgIpc) is 2.95. The molecule has 4 heteroatoms. The second kappa shape index (κ2) is 8.38. The van der Waals surface area contributed by atoms with Gasteiger partial charge in [-0.3, -0.25) is 4.79 Å². The minimum absolute atomic E-state index is 0.0956. The van der Waals surface area contributed by atoms with Gasteiger partial charge in [-0.05, 0) is 36.5 Å². The van der Waals surface area contributed by atoms with Crippen LogP contribution in [0.3, 0.4) is 0 Å². The van der Waals surface area contributed by atoms with Crippen molar-refractivity contribution in [3.63, 3.8) is 0 Å². The van der Waals surface area contributed by atoms with Crippen LogP contribution in [0, 0.1) is 0 Å². The first kappa shape index (κ1) is 17.8. The molecular weight excluding hydrogens is 336 g/mol. The fourth-order valence-corrected chi connectivity index (χ4v) is 4.21. The number of hydrogen-bond donors (Lipinski definition) is 1. The number of nitrogens with zero attached hydrogens (tertiary/aromatic N) is 1. The van der Waals surface area contributed by atoms with Gasteiger partial charge in [0.15, 0.2) is 0 Å². The first-order chi connectivity index (χ1) is 13.3. The van der Waals surface area contributed by atoms with Gasteiger partial charge in [-0.25, -0.2) is 4.98 Å². The van der Waals surface area contributed by atoms with Crippen molar-refractivity contribution >= 4 is 11.6 Å². The van der Waals surface area contributed by atoms with Crippen LogP contribution < -0.4 is 10.1 Å². The first-order valence-corrected chi connectivity index (χ1v) is 10.0. The topological polar surface area (TPSA) is 51.2 Å². The van der Waals surface area contributed by atoms with E-state index in [0.717, 1.165) is 18.0 Å². The van der Waals surface area contributed by atoms with E-state index in [1.165, 1.54) is 49.7 Å². The SMILES string of the molecule is O=C(Nc1cnc2c(c1C1CCCCCC1)CCO2)C1=C/C=C\C=C/C=C\1. The Kier molecular flexibility index (Phi) is 5.52. The molecule has 0 spiro atoms. The Morgan fingerprint density at radius 3 is 2.67 bits per heavy atom. The molecular formula is C23H26N2O2. The van der Waals surface area contributed by atoms with Gasteiger partial charge in [0, 0.05) is 17.6 Å². The predicted molar refractivity (Wildman–Crippen MR) is 108 cm³/mol. The van der Waals surface area contributed by atoms with Crippen molar-refractivity contribution in [3.05, 3.63) is 65.4 Å². The lowest BCUT2D eigenvalue weighted by molar-refractivity contribution is -0.112. The zero-order chi connectivity index (χ0) is 18.5. The quantitative estimate of drug-likeness (QED) is 0.770. The summed E-state index contributed by atoms with van der Waals surface area (Å²) in [5, 5.41) is 3.14. The van der Waals surface area contributed by atoms with Gasteiger partial charge >= 0.3 is 0 Å². The highest BCUT2D eigenvalue weighted by molar-refractivity contribution is 6.06. The van der Waals surface area contributed by atoms with Crippen molar-refractivity contribution in [2.24, 2.45) is 0 Å². The van der Waals surface area contributed by atoms with Crippen LogP contribution in [-0.2, 0) is 11.2 Å². The number of hydrogen-bond acceptors (Lipinski definition) is 3. The van der Waals surface area contributed by atoms with Crippen molar-refractivity contribution in [1.82, 2.24) is 4.98 Å². The smallest absolute Gasteiger partial charge is 0.255 e. The van der Waals surface area contributed by atoms with Crippen LogP contribution in [0.4, 0.5) is 5.69 Å². The summed E-state index contributed by atoms with van der Waals surface area (Å²) >= 11 is 0. The van der Waals surface area contributed by atoms with Crippen LogP contribution in [0.5, 0.6) is 5.88 Å². The lowest BCUT2D eigenvalue weighted by Crippen LogP contribution is -2.17. The Hall–Kier alpha value is -2.62. The number of ether oxygens (including phenoxy) is 1. The summed E-state index contributed by atoms with van der Waals surface area (Å²) in [4.78, 5) is 17.4. The lowest BCUT2D eigenvalue weighted by atomic mass is 9.87. The van der Waals surface area contributed by atoms with Gasteiger partial charge < -0.3 is 10.1 Å². The first-order valence-electron chi connectivity index (χ1n) is 10.0. The molecule has 27 heavy (non-hydrogen) atoms. The Morgan fingerprint density at radius 1 is 1.04 bits per heavy atom. The van der Waals surface area contributed by atoms with Crippen molar-refractivity contribution < 1.29 is 9.53 Å². The second-order valence-electron chi connectivity index (χ2n) is 7.36. The number of pyridine rings is 1. The maximum atomic E-state index is 12.9. The van der Waals surface area contributed by atoms with Crippen LogP contribution >= 0.6 is 0 Å². The van der Waals surface area contributed by atoms with Crippen LogP contribution in [0.15, 0.2) is 54.3 Å². The van der Waals surface area contributed by atoms with Crippen LogP contribution in [-0.4, -0.2) is 17.5 Å². The van der Waals surface area contributed by atoms with E-state index in [1.807, 2.05) is 42.5 Å². The molecule has 1 saturated carbocycles. The number of nitrogens with one attached hydrogen (secondary N) is 1. The third-order valence-electron chi connectivity index (χ3n) is 5.55. The molecule has 0 radical (unpaired) electrons. The molecule has 1 aliphatic heterocycles. The van der Waals surface area contributed by atoms with Crippen molar-refractivity contribution in [2.75, 3.05) is 11.9 Å². The maximum Gasteiger partial charge on any atom is 0.255 e. The number of carbonyl (C=O) groups excluding carboxylic acids is 1.